The summed E-state index contributed by atoms with van der Waals surface area (Å²) in [5, 5.41) is 2.96. The Balaban J connectivity index is 2.08. The molecule has 0 aliphatic rings. The van der Waals surface area contributed by atoms with E-state index in [0.717, 1.165) is 17.5 Å². The smallest absolute Gasteiger partial charge is 0.244 e. The minimum atomic E-state index is -0.305. The molecule has 1 N–H and O–H groups in total. The van der Waals surface area contributed by atoms with E-state index in [1.807, 2.05) is 25.1 Å². The van der Waals surface area contributed by atoms with Gasteiger partial charge in [-0.3, -0.25) is 4.79 Å². The van der Waals surface area contributed by atoms with Gasteiger partial charge in [-0.05, 0) is 47.9 Å². The number of rotatable bonds is 7. The second-order valence-corrected chi connectivity index (χ2v) is 5.47. The molecule has 2 rings (SSSR count). The molecule has 0 saturated heterocycles. The van der Waals surface area contributed by atoms with E-state index in [2.05, 4.69) is 5.32 Å². The molecule has 2 aromatic carbocycles. The first-order valence-electron chi connectivity index (χ1n) is 8.03. The SMILES string of the molecule is CCC(NC(=O)/C=C/c1ccc(F)cc1)c1ccc(OC)c(OC)c1. The van der Waals surface area contributed by atoms with Gasteiger partial charge in [0.1, 0.15) is 5.82 Å². The summed E-state index contributed by atoms with van der Waals surface area (Å²) in [5.74, 6) is 0.741. The molecule has 0 aliphatic carbocycles. The maximum Gasteiger partial charge on any atom is 0.244 e. The van der Waals surface area contributed by atoms with Crippen LogP contribution < -0.4 is 14.8 Å². The van der Waals surface area contributed by atoms with Crippen molar-refractivity contribution in [1.29, 1.82) is 0 Å². The Hall–Kier alpha value is -2.82. The van der Waals surface area contributed by atoms with E-state index in [1.54, 1.807) is 32.4 Å². The lowest BCUT2D eigenvalue weighted by Gasteiger charge is -2.18. The minimum absolute atomic E-state index is 0.148. The molecule has 0 bridgehead atoms. The highest BCUT2D eigenvalue weighted by Crippen LogP contribution is 2.30. The molecule has 0 saturated carbocycles. The molecule has 5 heteroatoms. The third-order valence-electron chi connectivity index (χ3n) is 3.83. The van der Waals surface area contributed by atoms with Gasteiger partial charge in [-0.25, -0.2) is 4.39 Å². The Kier molecular flexibility index (Phi) is 6.57. The fraction of sp³-hybridized carbons (Fsp3) is 0.250. The fourth-order valence-electron chi connectivity index (χ4n) is 2.46. The molecular weight excluding hydrogens is 321 g/mol. The van der Waals surface area contributed by atoms with Gasteiger partial charge >= 0.3 is 0 Å². The first-order chi connectivity index (χ1) is 12.1. The standard InChI is InChI=1S/C20H22FNO3/c1-4-17(15-8-11-18(24-2)19(13-15)25-3)22-20(23)12-7-14-5-9-16(21)10-6-14/h5-13,17H,4H2,1-3H3,(H,22,23)/b12-7+. The molecule has 0 spiro atoms. The Morgan fingerprint density at radius 2 is 1.80 bits per heavy atom. The number of carbonyl (C=O) groups is 1. The van der Waals surface area contributed by atoms with Crippen LogP contribution in [0, 0.1) is 5.82 Å². The highest BCUT2D eigenvalue weighted by Gasteiger charge is 2.14. The number of ether oxygens (including phenoxy) is 2. The van der Waals surface area contributed by atoms with Gasteiger partial charge in [0.2, 0.25) is 5.91 Å². The fourth-order valence-corrected chi connectivity index (χ4v) is 2.46. The van der Waals surface area contributed by atoms with Crippen molar-refractivity contribution >= 4 is 12.0 Å². The highest BCUT2D eigenvalue weighted by molar-refractivity contribution is 5.92. The van der Waals surface area contributed by atoms with Crippen molar-refractivity contribution in [3.63, 3.8) is 0 Å². The average Bonchev–Trinajstić information content (AvgIpc) is 2.65. The molecule has 0 heterocycles. The van der Waals surface area contributed by atoms with E-state index >= 15 is 0 Å². The lowest BCUT2D eigenvalue weighted by atomic mass is 10.0. The number of hydrogen-bond donors (Lipinski definition) is 1. The maximum atomic E-state index is 12.9. The summed E-state index contributed by atoms with van der Waals surface area (Å²) in [4.78, 5) is 12.2. The molecule has 132 valence electrons. The van der Waals surface area contributed by atoms with E-state index < -0.39 is 0 Å². The zero-order valence-electron chi connectivity index (χ0n) is 14.6. The molecule has 2 aromatic rings. The Bertz CT molecular complexity index is 741. The van der Waals surface area contributed by atoms with Crippen LogP contribution in [-0.4, -0.2) is 20.1 Å². The van der Waals surface area contributed by atoms with Crippen LogP contribution in [0.2, 0.25) is 0 Å². The Morgan fingerprint density at radius 3 is 2.40 bits per heavy atom. The predicted octanol–water partition coefficient (Wildman–Crippen LogP) is 4.12. The molecule has 1 atom stereocenters. The van der Waals surface area contributed by atoms with Crippen LogP contribution in [0.4, 0.5) is 4.39 Å². The van der Waals surface area contributed by atoms with Gasteiger partial charge in [-0.1, -0.05) is 25.1 Å². The summed E-state index contributed by atoms with van der Waals surface area (Å²) in [7, 11) is 3.16. The zero-order valence-corrected chi connectivity index (χ0v) is 14.6. The second kappa shape index (κ2) is 8.87. The van der Waals surface area contributed by atoms with Gasteiger partial charge in [0.15, 0.2) is 11.5 Å². The minimum Gasteiger partial charge on any atom is -0.493 e. The Morgan fingerprint density at radius 1 is 1.12 bits per heavy atom. The van der Waals surface area contributed by atoms with Gasteiger partial charge < -0.3 is 14.8 Å². The second-order valence-electron chi connectivity index (χ2n) is 5.47. The molecule has 0 radical (unpaired) electrons. The summed E-state index contributed by atoms with van der Waals surface area (Å²) >= 11 is 0. The molecule has 25 heavy (non-hydrogen) atoms. The van der Waals surface area contributed by atoms with E-state index in [9.17, 15) is 9.18 Å². The number of benzene rings is 2. The zero-order chi connectivity index (χ0) is 18.2. The molecule has 4 nitrogen and oxygen atoms in total. The molecule has 0 aromatic heterocycles. The molecular formula is C20H22FNO3. The first-order valence-corrected chi connectivity index (χ1v) is 8.03. The van der Waals surface area contributed by atoms with Crippen LogP contribution in [0.5, 0.6) is 11.5 Å². The van der Waals surface area contributed by atoms with Crippen molar-refractivity contribution in [2.45, 2.75) is 19.4 Å². The van der Waals surface area contributed by atoms with Crippen LogP contribution in [0.3, 0.4) is 0 Å². The summed E-state index contributed by atoms with van der Waals surface area (Å²) in [5.41, 5.74) is 1.69. The number of hydrogen-bond acceptors (Lipinski definition) is 3. The number of methoxy groups -OCH3 is 2. The number of halogens is 1. The summed E-state index contributed by atoms with van der Waals surface area (Å²) in [6.45, 7) is 1.99. The van der Waals surface area contributed by atoms with Gasteiger partial charge in [-0.2, -0.15) is 0 Å². The van der Waals surface area contributed by atoms with E-state index in [4.69, 9.17) is 9.47 Å². The van der Waals surface area contributed by atoms with Crippen molar-refractivity contribution in [2.75, 3.05) is 14.2 Å². The molecule has 1 amide bonds. The van der Waals surface area contributed by atoms with Gasteiger partial charge in [-0.15, -0.1) is 0 Å². The lowest BCUT2D eigenvalue weighted by Crippen LogP contribution is -2.26. The topological polar surface area (TPSA) is 47.6 Å². The largest absolute Gasteiger partial charge is 0.493 e. The predicted molar refractivity (Wildman–Crippen MR) is 96.2 cm³/mol. The van der Waals surface area contributed by atoms with Crippen molar-refractivity contribution in [3.8, 4) is 11.5 Å². The van der Waals surface area contributed by atoms with E-state index in [-0.39, 0.29) is 17.8 Å². The number of amides is 1. The van der Waals surface area contributed by atoms with Gasteiger partial charge in [0, 0.05) is 6.08 Å². The van der Waals surface area contributed by atoms with Gasteiger partial charge in [0.25, 0.3) is 0 Å². The highest BCUT2D eigenvalue weighted by atomic mass is 19.1. The van der Waals surface area contributed by atoms with Crippen LogP contribution in [0.1, 0.15) is 30.5 Å². The summed E-state index contributed by atoms with van der Waals surface area (Å²) in [6, 6.07) is 11.4. The van der Waals surface area contributed by atoms with E-state index in [1.165, 1.54) is 18.2 Å². The third kappa shape index (κ3) is 5.08. The maximum absolute atomic E-state index is 12.9. The van der Waals surface area contributed by atoms with Gasteiger partial charge in [0.05, 0.1) is 20.3 Å². The number of carbonyl (C=O) groups excluding carboxylic acids is 1. The summed E-state index contributed by atoms with van der Waals surface area (Å²) < 4.78 is 23.4. The van der Waals surface area contributed by atoms with Crippen molar-refractivity contribution in [3.05, 3.63) is 65.5 Å². The van der Waals surface area contributed by atoms with Crippen LogP contribution in [-0.2, 0) is 4.79 Å². The summed E-state index contributed by atoms with van der Waals surface area (Å²) in [6.07, 6.45) is 3.82. The van der Waals surface area contributed by atoms with Crippen molar-refractivity contribution < 1.29 is 18.7 Å². The third-order valence-corrected chi connectivity index (χ3v) is 3.83. The van der Waals surface area contributed by atoms with E-state index in [0.29, 0.717) is 11.5 Å². The molecule has 0 fully saturated rings. The lowest BCUT2D eigenvalue weighted by molar-refractivity contribution is -0.117. The average molecular weight is 343 g/mol. The van der Waals surface area contributed by atoms with Crippen LogP contribution in [0.25, 0.3) is 6.08 Å². The first kappa shape index (κ1) is 18.5. The van der Waals surface area contributed by atoms with Crippen LogP contribution in [0.15, 0.2) is 48.5 Å². The molecule has 1 unspecified atom stereocenters. The monoisotopic (exact) mass is 343 g/mol. The van der Waals surface area contributed by atoms with Crippen molar-refractivity contribution in [1.82, 2.24) is 5.32 Å². The Labute approximate surface area is 147 Å². The van der Waals surface area contributed by atoms with Crippen molar-refractivity contribution in [2.24, 2.45) is 0 Å². The molecule has 0 aliphatic heterocycles. The number of nitrogens with one attached hydrogen (secondary N) is 1. The quantitative estimate of drug-likeness (QED) is 0.769. The normalized spacial score (nSPS) is 12.0. The van der Waals surface area contributed by atoms with Crippen LogP contribution >= 0.6 is 0 Å².